The van der Waals surface area contributed by atoms with Gasteiger partial charge in [0.15, 0.2) is 0 Å². The second-order valence-electron chi connectivity index (χ2n) is 7.10. The Morgan fingerprint density at radius 1 is 1.06 bits per heavy atom. The largest absolute Gasteiger partial charge is 0.497 e. The Morgan fingerprint density at radius 2 is 1.75 bits per heavy atom. The monoisotopic (exact) mass is 463 g/mol. The number of amides is 2. The number of likely N-dealkylation sites (N-methyl/N-ethyl adjacent to an activating group) is 1. The molecule has 0 radical (unpaired) electrons. The summed E-state index contributed by atoms with van der Waals surface area (Å²) in [7, 11) is 0.603. The minimum Gasteiger partial charge on any atom is -0.497 e. The zero-order chi connectivity index (χ0) is 23.9. The van der Waals surface area contributed by atoms with Gasteiger partial charge in [-0.1, -0.05) is 24.3 Å². The van der Waals surface area contributed by atoms with E-state index in [1.165, 1.54) is 26.2 Å². The first-order valence-electron chi connectivity index (χ1n) is 9.87. The molecule has 32 heavy (non-hydrogen) atoms. The zero-order valence-corrected chi connectivity index (χ0v) is 19.7. The summed E-state index contributed by atoms with van der Waals surface area (Å²) in [4.78, 5) is 27.0. The number of benzene rings is 2. The van der Waals surface area contributed by atoms with Gasteiger partial charge in [-0.05, 0) is 36.8 Å². The van der Waals surface area contributed by atoms with Crippen molar-refractivity contribution in [2.75, 3.05) is 38.4 Å². The van der Waals surface area contributed by atoms with Crippen LogP contribution in [0.25, 0.3) is 0 Å². The van der Waals surface area contributed by atoms with Gasteiger partial charge in [-0.2, -0.15) is 0 Å². The number of carbonyl (C=O) groups excluding carboxylic acids is 2. The molecule has 0 aliphatic heterocycles. The van der Waals surface area contributed by atoms with Crippen LogP contribution in [-0.2, 0) is 26.2 Å². The van der Waals surface area contributed by atoms with Crippen LogP contribution < -0.4 is 19.1 Å². The molecule has 2 amide bonds. The highest BCUT2D eigenvalue weighted by Gasteiger charge is 2.30. The molecule has 0 saturated heterocycles. The van der Waals surface area contributed by atoms with Gasteiger partial charge in [0.2, 0.25) is 21.8 Å². The quantitative estimate of drug-likeness (QED) is 0.574. The molecule has 2 aromatic carbocycles. The molecule has 1 atom stereocenters. The van der Waals surface area contributed by atoms with E-state index in [1.807, 2.05) is 0 Å². The van der Waals surface area contributed by atoms with Gasteiger partial charge in [0.1, 0.15) is 24.1 Å². The smallest absolute Gasteiger partial charge is 0.244 e. The number of sulfonamides is 1. The van der Waals surface area contributed by atoms with Crippen LogP contribution in [0.5, 0.6) is 11.5 Å². The fourth-order valence-electron chi connectivity index (χ4n) is 3.19. The molecule has 174 valence electrons. The Bertz CT molecular complexity index is 1060. The van der Waals surface area contributed by atoms with Crippen molar-refractivity contribution in [3.63, 3.8) is 0 Å². The molecular weight excluding hydrogens is 434 g/mol. The summed E-state index contributed by atoms with van der Waals surface area (Å²) in [5.41, 5.74) is 0.969. The summed E-state index contributed by atoms with van der Waals surface area (Å²) in [5, 5.41) is 2.53. The number of rotatable bonds is 10. The fourth-order valence-corrected chi connectivity index (χ4v) is 4.04. The Balaban J connectivity index is 2.42. The van der Waals surface area contributed by atoms with Crippen LogP contribution in [0.2, 0.25) is 0 Å². The van der Waals surface area contributed by atoms with Gasteiger partial charge in [0.05, 0.1) is 26.2 Å². The van der Waals surface area contributed by atoms with Crippen LogP contribution >= 0.6 is 0 Å². The van der Waals surface area contributed by atoms with Gasteiger partial charge >= 0.3 is 0 Å². The number of para-hydroxylation sites is 2. The molecule has 1 N–H and O–H groups in total. The molecule has 0 heterocycles. The third-order valence-electron chi connectivity index (χ3n) is 4.93. The molecule has 0 saturated carbocycles. The van der Waals surface area contributed by atoms with Gasteiger partial charge < -0.3 is 19.7 Å². The highest BCUT2D eigenvalue weighted by molar-refractivity contribution is 7.92. The Morgan fingerprint density at radius 3 is 2.34 bits per heavy atom. The molecule has 0 unspecified atom stereocenters. The molecule has 2 aromatic rings. The van der Waals surface area contributed by atoms with Crippen LogP contribution in [0.4, 0.5) is 5.69 Å². The van der Waals surface area contributed by atoms with Crippen molar-refractivity contribution in [3.8, 4) is 11.5 Å². The first-order chi connectivity index (χ1) is 15.1. The molecular formula is C22H29N3O6S. The van der Waals surface area contributed by atoms with Crippen LogP contribution in [0.15, 0.2) is 48.5 Å². The molecule has 2 rings (SSSR count). The molecule has 0 aliphatic carbocycles. The standard InChI is InChI=1S/C22H29N3O6S/c1-16(22(27)23-2)24(14-17-9-8-10-18(13-17)30-3)21(26)15-25(32(5,28)29)19-11-6-7-12-20(19)31-4/h6-13,16H,14-15H2,1-5H3,(H,23,27)/t16-/m0/s1. The minimum absolute atomic E-state index is 0.0914. The van der Waals surface area contributed by atoms with Gasteiger partial charge in [-0.25, -0.2) is 8.42 Å². The van der Waals surface area contributed by atoms with E-state index in [0.717, 1.165) is 16.1 Å². The maximum atomic E-state index is 13.4. The normalized spacial score (nSPS) is 11.9. The second-order valence-corrected chi connectivity index (χ2v) is 9.01. The lowest BCUT2D eigenvalue weighted by Crippen LogP contribution is -2.50. The highest BCUT2D eigenvalue weighted by Crippen LogP contribution is 2.29. The number of nitrogens with zero attached hydrogens (tertiary/aromatic N) is 2. The lowest BCUT2D eigenvalue weighted by Gasteiger charge is -2.31. The van der Waals surface area contributed by atoms with E-state index in [2.05, 4.69) is 5.32 Å². The van der Waals surface area contributed by atoms with Crippen LogP contribution in [0.1, 0.15) is 12.5 Å². The molecule has 0 aromatic heterocycles. The maximum Gasteiger partial charge on any atom is 0.244 e. The van der Waals surface area contributed by atoms with Crippen LogP contribution in [-0.4, -0.2) is 65.2 Å². The fraction of sp³-hybridized carbons (Fsp3) is 0.364. The predicted molar refractivity (Wildman–Crippen MR) is 122 cm³/mol. The molecule has 0 aliphatic rings. The summed E-state index contributed by atoms with van der Waals surface area (Å²) < 4.78 is 36.6. The molecule has 0 bridgehead atoms. The number of hydrogen-bond acceptors (Lipinski definition) is 6. The Kier molecular flexibility index (Phi) is 8.48. The summed E-state index contributed by atoms with van der Waals surface area (Å²) in [6.07, 6.45) is 1.02. The van der Waals surface area contributed by atoms with Crippen molar-refractivity contribution in [1.82, 2.24) is 10.2 Å². The average molecular weight is 464 g/mol. The highest BCUT2D eigenvalue weighted by atomic mass is 32.2. The van der Waals surface area contributed by atoms with Crippen molar-refractivity contribution in [3.05, 3.63) is 54.1 Å². The average Bonchev–Trinajstić information content (AvgIpc) is 2.79. The molecule has 9 nitrogen and oxygen atoms in total. The van der Waals surface area contributed by atoms with Crippen LogP contribution in [0.3, 0.4) is 0 Å². The van der Waals surface area contributed by atoms with E-state index in [1.54, 1.807) is 55.5 Å². The topological polar surface area (TPSA) is 105 Å². The van der Waals surface area contributed by atoms with Crippen molar-refractivity contribution >= 4 is 27.5 Å². The molecule has 10 heteroatoms. The van der Waals surface area contributed by atoms with E-state index in [0.29, 0.717) is 11.5 Å². The predicted octanol–water partition coefficient (Wildman–Crippen LogP) is 1.63. The van der Waals surface area contributed by atoms with E-state index in [9.17, 15) is 18.0 Å². The Hall–Kier alpha value is -3.27. The van der Waals surface area contributed by atoms with Gasteiger partial charge in [-0.15, -0.1) is 0 Å². The summed E-state index contributed by atoms with van der Waals surface area (Å²) in [6.45, 7) is 1.18. The number of carbonyl (C=O) groups is 2. The van der Waals surface area contributed by atoms with Crippen molar-refractivity contribution in [1.29, 1.82) is 0 Å². The summed E-state index contributed by atoms with van der Waals surface area (Å²) in [5.74, 6) is 0.00314. The van der Waals surface area contributed by atoms with E-state index in [-0.39, 0.29) is 18.1 Å². The number of anilines is 1. The summed E-state index contributed by atoms with van der Waals surface area (Å²) >= 11 is 0. The minimum atomic E-state index is -3.83. The Labute approximate surface area is 189 Å². The van der Waals surface area contributed by atoms with Gasteiger partial charge in [-0.3, -0.25) is 13.9 Å². The lowest BCUT2D eigenvalue weighted by atomic mass is 10.1. The number of hydrogen-bond donors (Lipinski definition) is 1. The summed E-state index contributed by atoms with van der Waals surface area (Å²) in [6, 6.07) is 12.8. The third kappa shape index (κ3) is 6.13. The maximum absolute atomic E-state index is 13.4. The third-order valence-corrected chi connectivity index (χ3v) is 6.06. The van der Waals surface area contributed by atoms with Crippen molar-refractivity contribution < 1.29 is 27.5 Å². The van der Waals surface area contributed by atoms with Gasteiger partial charge in [0.25, 0.3) is 0 Å². The number of ether oxygens (including phenoxy) is 2. The first-order valence-corrected chi connectivity index (χ1v) is 11.7. The van der Waals surface area contributed by atoms with Crippen LogP contribution in [0, 0.1) is 0 Å². The van der Waals surface area contributed by atoms with E-state index >= 15 is 0 Å². The SMILES string of the molecule is CNC(=O)[C@H](C)N(Cc1cccc(OC)c1)C(=O)CN(c1ccccc1OC)S(C)(=O)=O. The van der Waals surface area contributed by atoms with Crippen molar-refractivity contribution in [2.24, 2.45) is 0 Å². The molecule has 0 fully saturated rings. The van der Waals surface area contributed by atoms with E-state index in [4.69, 9.17) is 9.47 Å². The molecule has 0 spiro atoms. The second kappa shape index (κ2) is 10.9. The number of nitrogens with one attached hydrogen (secondary N) is 1. The van der Waals surface area contributed by atoms with E-state index < -0.39 is 28.5 Å². The first kappa shape index (κ1) is 25.0. The number of methoxy groups -OCH3 is 2. The lowest BCUT2D eigenvalue weighted by molar-refractivity contribution is -0.139. The van der Waals surface area contributed by atoms with Gasteiger partial charge in [0, 0.05) is 13.6 Å². The van der Waals surface area contributed by atoms with Crippen molar-refractivity contribution in [2.45, 2.75) is 19.5 Å². The zero-order valence-electron chi connectivity index (χ0n) is 18.9.